The Hall–Kier alpha value is -1.93. The van der Waals surface area contributed by atoms with Crippen LogP contribution in [0.3, 0.4) is 0 Å². The first-order valence-electron chi connectivity index (χ1n) is 7.38. The Labute approximate surface area is 140 Å². The minimum Gasteiger partial charge on any atom is -0.378 e. The molecule has 2 heterocycles. The second-order valence-electron chi connectivity index (χ2n) is 5.40. The van der Waals surface area contributed by atoms with Crippen LogP contribution in [0.1, 0.15) is 22.2 Å². The van der Waals surface area contributed by atoms with Crippen LogP contribution in [0.2, 0.25) is 0 Å². The quantitative estimate of drug-likeness (QED) is 0.783. The summed E-state index contributed by atoms with van der Waals surface area (Å²) in [7, 11) is 0. The first-order chi connectivity index (χ1) is 11.4. The number of carbonyl (C=O) groups excluding carboxylic acids is 1. The van der Waals surface area contributed by atoms with Gasteiger partial charge in [-0.1, -0.05) is 12.1 Å². The number of ether oxygens (including phenoxy) is 1. The largest absolute Gasteiger partial charge is 0.416 e. The number of ketones is 1. The molecule has 1 aliphatic heterocycles. The van der Waals surface area contributed by atoms with Crippen molar-refractivity contribution in [1.82, 2.24) is 4.98 Å². The molecule has 0 atom stereocenters. The number of halogens is 3. The molecule has 0 radical (unpaired) electrons. The summed E-state index contributed by atoms with van der Waals surface area (Å²) >= 11 is 1.20. The molecule has 1 aliphatic rings. The van der Waals surface area contributed by atoms with E-state index >= 15 is 0 Å². The first-order valence-corrected chi connectivity index (χ1v) is 8.20. The number of morpholine rings is 1. The standard InChI is InChI=1S/C16H15F3N2O2S/c1-10(22)13-14(21-6-8-23-9-7-21)20-15(24-13)11-2-4-12(5-3-11)16(17,18)19/h2-5H,6-9H2,1H3. The van der Waals surface area contributed by atoms with Crippen LogP contribution in [-0.4, -0.2) is 37.1 Å². The van der Waals surface area contributed by atoms with Crippen LogP contribution in [-0.2, 0) is 10.9 Å². The maximum absolute atomic E-state index is 12.7. The zero-order chi connectivity index (χ0) is 17.3. The molecule has 0 amide bonds. The zero-order valence-electron chi connectivity index (χ0n) is 12.9. The fourth-order valence-electron chi connectivity index (χ4n) is 2.46. The lowest BCUT2D eigenvalue weighted by Gasteiger charge is -2.27. The fraction of sp³-hybridized carbons (Fsp3) is 0.375. The van der Waals surface area contributed by atoms with Gasteiger partial charge in [-0.15, -0.1) is 11.3 Å². The molecule has 24 heavy (non-hydrogen) atoms. The Morgan fingerprint density at radius 3 is 2.38 bits per heavy atom. The van der Waals surface area contributed by atoms with Crippen molar-refractivity contribution in [3.63, 3.8) is 0 Å². The van der Waals surface area contributed by atoms with Gasteiger partial charge in [-0.3, -0.25) is 4.79 Å². The van der Waals surface area contributed by atoms with Crippen LogP contribution in [0, 0.1) is 0 Å². The molecule has 1 saturated heterocycles. The highest BCUT2D eigenvalue weighted by Crippen LogP contribution is 2.35. The third kappa shape index (κ3) is 3.44. The second-order valence-corrected chi connectivity index (χ2v) is 6.40. The number of nitrogens with zero attached hydrogens (tertiary/aromatic N) is 2. The molecule has 128 valence electrons. The number of thiazole rings is 1. The number of benzene rings is 1. The highest BCUT2D eigenvalue weighted by atomic mass is 32.1. The third-order valence-corrected chi connectivity index (χ3v) is 4.89. The average Bonchev–Trinajstić information content (AvgIpc) is 3.00. The normalized spacial score (nSPS) is 15.6. The van der Waals surface area contributed by atoms with Gasteiger partial charge in [-0.2, -0.15) is 13.2 Å². The van der Waals surface area contributed by atoms with E-state index in [0.29, 0.717) is 47.6 Å². The van der Waals surface area contributed by atoms with Crippen molar-refractivity contribution in [3.05, 3.63) is 34.7 Å². The molecule has 2 aromatic rings. The van der Waals surface area contributed by atoms with Gasteiger partial charge in [0.15, 0.2) is 11.6 Å². The summed E-state index contributed by atoms with van der Waals surface area (Å²) < 4.78 is 43.3. The van der Waals surface area contributed by atoms with Gasteiger partial charge < -0.3 is 9.64 Å². The number of hydrogen-bond acceptors (Lipinski definition) is 5. The molecule has 0 saturated carbocycles. The highest BCUT2D eigenvalue weighted by Gasteiger charge is 2.30. The van der Waals surface area contributed by atoms with E-state index in [2.05, 4.69) is 4.98 Å². The van der Waals surface area contributed by atoms with E-state index < -0.39 is 11.7 Å². The smallest absolute Gasteiger partial charge is 0.378 e. The molecule has 0 N–H and O–H groups in total. The van der Waals surface area contributed by atoms with Crippen molar-refractivity contribution >= 4 is 22.9 Å². The molecule has 0 bridgehead atoms. The summed E-state index contributed by atoms with van der Waals surface area (Å²) in [5, 5.41) is 0.537. The molecule has 0 unspecified atom stereocenters. The van der Waals surface area contributed by atoms with Crippen molar-refractivity contribution < 1.29 is 22.7 Å². The third-order valence-electron chi connectivity index (χ3n) is 3.70. The molecule has 4 nitrogen and oxygen atoms in total. The van der Waals surface area contributed by atoms with Crippen LogP contribution in [0.5, 0.6) is 0 Å². The number of carbonyl (C=O) groups is 1. The Balaban J connectivity index is 1.95. The van der Waals surface area contributed by atoms with Crippen LogP contribution in [0.4, 0.5) is 19.0 Å². The van der Waals surface area contributed by atoms with E-state index in [9.17, 15) is 18.0 Å². The summed E-state index contributed by atoms with van der Waals surface area (Å²) in [5.74, 6) is 0.484. The average molecular weight is 356 g/mol. The van der Waals surface area contributed by atoms with E-state index in [1.807, 2.05) is 4.90 Å². The lowest BCUT2D eigenvalue weighted by Crippen LogP contribution is -2.37. The predicted octanol–water partition coefficient (Wildman–Crippen LogP) is 3.87. The van der Waals surface area contributed by atoms with E-state index in [-0.39, 0.29) is 5.78 Å². The van der Waals surface area contributed by atoms with Gasteiger partial charge in [0, 0.05) is 25.6 Å². The minimum atomic E-state index is -4.37. The summed E-state index contributed by atoms with van der Waals surface area (Å²) in [6.45, 7) is 3.86. The molecule has 1 aromatic heterocycles. The van der Waals surface area contributed by atoms with E-state index in [0.717, 1.165) is 12.1 Å². The van der Waals surface area contributed by atoms with Gasteiger partial charge in [-0.05, 0) is 12.1 Å². The van der Waals surface area contributed by atoms with E-state index in [4.69, 9.17) is 4.74 Å². The lowest BCUT2D eigenvalue weighted by molar-refractivity contribution is -0.137. The van der Waals surface area contributed by atoms with Crippen LogP contribution < -0.4 is 4.90 Å². The second kappa shape index (κ2) is 6.52. The molecular weight excluding hydrogens is 341 g/mol. The van der Waals surface area contributed by atoms with Gasteiger partial charge in [-0.25, -0.2) is 4.98 Å². The molecular formula is C16H15F3N2O2S. The lowest BCUT2D eigenvalue weighted by atomic mass is 10.1. The fourth-order valence-corrected chi connectivity index (χ4v) is 3.45. The molecule has 0 spiro atoms. The SMILES string of the molecule is CC(=O)c1sc(-c2ccc(C(F)(F)F)cc2)nc1N1CCOCC1. The van der Waals surface area contributed by atoms with E-state index in [1.54, 1.807) is 0 Å². The summed E-state index contributed by atoms with van der Waals surface area (Å²) in [6, 6.07) is 4.82. The van der Waals surface area contributed by atoms with Gasteiger partial charge in [0.05, 0.1) is 18.8 Å². The number of aromatic nitrogens is 1. The monoisotopic (exact) mass is 356 g/mol. The van der Waals surface area contributed by atoms with Gasteiger partial charge >= 0.3 is 6.18 Å². The number of Topliss-reactive ketones (excluding diaryl/α,β-unsaturated/α-hetero) is 1. The number of rotatable bonds is 3. The topological polar surface area (TPSA) is 42.4 Å². The number of alkyl halides is 3. The predicted molar refractivity (Wildman–Crippen MR) is 85.6 cm³/mol. The molecule has 1 aromatic carbocycles. The van der Waals surface area contributed by atoms with Crippen LogP contribution in [0.25, 0.3) is 10.6 Å². The van der Waals surface area contributed by atoms with Crippen molar-refractivity contribution in [3.8, 4) is 10.6 Å². The molecule has 1 fully saturated rings. The molecule has 8 heteroatoms. The highest BCUT2D eigenvalue weighted by molar-refractivity contribution is 7.17. The van der Waals surface area contributed by atoms with E-state index in [1.165, 1.54) is 30.4 Å². The maximum atomic E-state index is 12.7. The van der Waals surface area contributed by atoms with Crippen molar-refractivity contribution in [1.29, 1.82) is 0 Å². The summed E-state index contributed by atoms with van der Waals surface area (Å²) in [5.41, 5.74) is -0.141. The van der Waals surface area contributed by atoms with Gasteiger partial charge in [0.1, 0.15) is 9.88 Å². The number of hydrogen-bond donors (Lipinski definition) is 0. The Morgan fingerprint density at radius 2 is 1.83 bits per heavy atom. The Kier molecular flexibility index (Phi) is 4.60. The van der Waals surface area contributed by atoms with Crippen LogP contribution >= 0.6 is 11.3 Å². The number of anilines is 1. The Bertz CT molecular complexity index is 735. The minimum absolute atomic E-state index is 0.104. The maximum Gasteiger partial charge on any atom is 0.416 e. The summed E-state index contributed by atoms with van der Waals surface area (Å²) in [4.78, 5) is 18.9. The summed E-state index contributed by atoms with van der Waals surface area (Å²) in [6.07, 6.45) is -4.37. The first kappa shape index (κ1) is 16.9. The van der Waals surface area contributed by atoms with Crippen LogP contribution in [0.15, 0.2) is 24.3 Å². The van der Waals surface area contributed by atoms with Gasteiger partial charge in [0.2, 0.25) is 0 Å². The molecule has 3 rings (SSSR count). The Morgan fingerprint density at radius 1 is 1.21 bits per heavy atom. The van der Waals surface area contributed by atoms with Gasteiger partial charge in [0.25, 0.3) is 0 Å². The van der Waals surface area contributed by atoms with Crippen molar-refractivity contribution in [2.75, 3.05) is 31.2 Å². The van der Waals surface area contributed by atoms with Crippen molar-refractivity contribution in [2.45, 2.75) is 13.1 Å². The molecule has 0 aliphatic carbocycles. The van der Waals surface area contributed by atoms with Crippen molar-refractivity contribution in [2.24, 2.45) is 0 Å². The zero-order valence-corrected chi connectivity index (χ0v) is 13.7.